The van der Waals surface area contributed by atoms with Crippen LogP contribution in [0.5, 0.6) is 0 Å². The second-order valence-electron chi connectivity index (χ2n) is 6.08. The van der Waals surface area contributed by atoms with Crippen LogP contribution in [0.1, 0.15) is 37.3 Å². The SMILES string of the molecule is Cc1ccccc1[C@H]1C[C@@H](O)[C@@H](O)[C@@H]1NCC(C)C. The summed E-state index contributed by atoms with van der Waals surface area (Å²) in [6, 6.07) is 8.19. The minimum absolute atomic E-state index is 0.0569. The summed E-state index contributed by atoms with van der Waals surface area (Å²) in [4.78, 5) is 0. The quantitative estimate of drug-likeness (QED) is 0.776. The number of aliphatic hydroxyl groups is 2. The molecule has 2 rings (SSSR count). The average molecular weight is 263 g/mol. The number of rotatable bonds is 4. The highest BCUT2D eigenvalue weighted by molar-refractivity contribution is 5.32. The summed E-state index contributed by atoms with van der Waals surface area (Å²) in [6.07, 6.45) is -0.681. The van der Waals surface area contributed by atoms with Crippen molar-refractivity contribution >= 4 is 0 Å². The first-order valence-corrected chi connectivity index (χ1v) is 7.15. The van der Waals surface area contributed by atoms with Gasteiger partial charge in [-0.1, -0.05) is 38.1 Å². The van der Waals surface area contributed by atoms with Crippen LogP contribution in [0.2, 0.25) is 0 Å². The van der Waals surface area contributed by atoms with Crippen molar-refractivity contribution in [2.24, 2.45) is 5.92 Å². The third-order valence-electron chi connectivity index (χ3n) is 4.04. The van der Waals surface area contributed by atoms with Gasteiger partial charge < -0.3 is 15.5 Å². The van der Waals surface area contributed by atoms with Crippen LogP contribution in [0, 0.1) is 12.8 Å². The molecule has 0 amide bonds. The summed E-state index contributed by atoms with van der Waals surface area (Å²) in [5.41, 5.74) is 2.46. The maximum atomic E-state index is 10.2. The Morgan fingerprint density at radius 3 is 2.58 bits per heavy atom. The number of aryl methyl sites for hydroxylation is 1. The molecule has 1 aliphatic carbocycles. The molecule has 106 valence electrons. The topological polar surface area (TPSA) is 52.5 Å². The van der Waals surface area contributed by atoms with Crippen LogP contribution in [0.25, 0.3) is 0 Å². The Hall–Kier alpha value is -0.900. The van der Waals surface area contributed by atoms with E-state index in [0.717, 1.165) is 6.54 Å². The molecular weight excluding hydrogens is 238 g/mol. The fourth-order valence-corrected chi connectivity index (χ4v) is 2.98. The maximum absolute atomic E-state index is 10.2. The normalized spacial score (nSPS) is 31.1. The average Bonchev–Trinajstić information content (AvgIpc) is 2.64. The number of hydrogen-bond acceptors (Lipinski definition) is 3. The molecule has 0 saturated heterocycles. The van der Waals surface area contributed by atoms with Gasteiger partial charge in [-0.25, -0.2) is 0 Å². The van der Waals surface area contributed by atoms with Crippen LogP contribution in [0.15, 0.2) is 24.3 Å². The molecule has 1 fully saturated rings. The third kappa shape index (κ3) is 3.16. The van der Waals surface area contributed by atoms with E-state index in [-0.39, 0.29) is 12.0 Å². The monoisotopic (exact) mass is 263 g/mol. The number of aliphatic hydroxyl groups excluding tert-OH is 2. The molecule has 1 saturated carbocycles. The molecule has 0 bridgehead atoms. The van der Waals surface area contributed by atoms with E-state index >= 15 is 0 Å². The molecule has 1 aliphatic rings. The predicted molar refractivity (Wildman–Crippen MR) is 77.2 cm³/mol. The highest BCUT2D eigenvalue weighted by Crippen LogP contribution is 2.36. The van der Waals surface area contributed by atoms with Gasteiger partial charge in [0.05, 0.1) is 12.2 Å². The molecule has 0 aromatic heterocycles. The van der Waals surface area contributed by atoms with E-state index in [1.54, 1.807) is 0 Å². The van der Waals surface area contributed by atoms with Crippen molar-refractivity contribution in [2.75, 3.05) is 6.54 Å². The summed E-state index contributed by atoms with van der Waals surface area (Å²) in [7, 11) is 0. The van der Waals surface area contributed by atoms with Crippen molar-refractivity contribution in [3.8, 4) is 0 Å². The van der Waals surface area contributed by atoms with E-state index in [1.807, 2.05) is 12.1 Å². The Morgan fingerprint density at radius 2 is 1.95 bits per heavy atom. The maximum Gasteiger partial charge on any atom is 0.0957 e. The lowest BCUT2D eigenvalue weighted by Gasteiger charge is -2.25. The zero-order valence-corrected chi connectivity index (χ0v) is 12.0. The Kier molecular flexibility index (Phi) is 4.61. The third-order valence-corrected chi connectivity index (χ3v) is 4.04. The first kappa shape index (κ1) is 14.5. The van der Waals surface area contributed by atoms with Crippen LogP contribution < -0.4 is 5.32 Å². The van der Waals surface area contributed by atoms with E-state index in [9.17, 15) is 10.2 Å². The highest BCUT2D eigenvalue weighted by atomic mass is 16.3. The van der Waals surface area contributed by atoms with Crippen LogP contribution in [0.4, 0.5) is 0 Å². The van der Waals surface area contributed by atoms with Gasteiger partial charge in [-0.05, 0) is 36.9 Å². The Balaban J connectivity index is 2.20. The van der Waals surface area contributed by atoms with Crippen molar-refractivity contribution < 1.29 is 10.2 Å². The highest BCUT2D eigenvalue weighted by Gasteiger charge is 2.42. The molecule has 3 nitrogen and oxygen atoms in total. The number of hydrogen-bond donors (Lipinski definition) is 3. The lowest BCUT2D eigenvalue weighted by Crippen LogP contribution is -2.43. The van der Waals surface area contributed by atoms with Crippen molar-refractivity contribution in [3.63, 3.8) is 0 Å². The Labute approximate surface area is 115 Å². The van der Waals surface area contributed by atoms with Crippen LogP contribution in [-0.4, -0.2) is 35.0 Å². The molecule has 0 heterocycles. The summed E-state index contributed by atoms with van der Waals surface area (Å²) in [6.45, 7) is 7.24. The van der Waals surface area contributed by atoms with Crippen molar-refractivity contribution in [1.29, 1.82) is 0 Å². The van der Waals surface area contributed by atoms with Gasteiger partial charge in [0.25, 0.3) is 0 Å². The number of benzene rings is 1. The minimum atomic E-state index is -0.677. The summed E-state index contributed by atoms with van der Waals surface area (Å²) >= 11 is 0. The fourth-order valence-electron chi connectivity index (χ4n) is 2.98. The van der Waals surface area contributed by atoms with E-state index in [1.165, 1.54) is 11.1 Å². The fraction of sp³-hybridized carbons (Fsp3) is 0.625. The molecule has 0 radical (unpaired) electrons. The first-order valence-electron chi connectivity index (χ1n) is 7.15. The Bertz CT molecular complexity index is 419. The van der Waals surface area contributed by atoms with Gasteiger partial charge in [0.1, 0.15) is 0 Å². The summed E-state index contributed by atoms with van der Waals surface area (Å²) in [5.74, 6) is 0.715. The van der Waals surface area contributed by atoms with Gasteiger partial charge in [-0.3, -0.25) is 0 Å². The van der Waals surface area contributed by atoms with Gasteiger partial charge in [0, 0.05) is 12.0 Å². The van der Waals surface area contributed by atoms with E-state index in [4.69, 9.17) is 0 Å². The largest absolute Gasteiger partial charge is 0.390 e. The van der Waals surface area contributed by atoms with Gasteiger partial charge in [0.15, 0.2) is 0 Å². The zero-order chi connectivity index (χ0) is 14.0. The Morgan fingerprint density at radius 1 is 1.26 bits per heavy atom. The van der Waals surface area contributed by atoms with Gasteiger partial charge >= 0.3 is 0 Å². The molecule has 0 aliphatic heterocycles. The summed E-state index contributed by atoms with van der Waals surface area (Å²) < 4.78 is 0. The van der Waals surface area contributed by atoms with Gasteiger partial charge in [-0.2, -0.15) is 0 Å². The summed E-state index contributed by atoms with van der Waals surface area (Å²) in [5, 5.41) is 23.6. The molecule has 3 N–H and O–H groups in total. The van der Waals surface area contributed by atoms with Crippen molar-refractivity contribution in [1.82, 2.24) is 5.32 Å². The smallest absolute Gasteiger partial charge is 0.0957 e. The second-order valence-corrected chi connectivity index (χ2v) is 6.08. The molecule has 3 heteroatoms. The predicted octanol–water partition coefficient (Wildman–Crippen LogP) is 1.82. The van der Waals surface area contributed by atoms with Crippen molar-refractivity contribution in [2.45, 2.75) is 51.4 Å². The second kappa shape index (κ2) is 6.04. The van der Waals surface area contributed by atoms with E-state index in [0.29, 0.717) is 12.3 Å². The minimum Gasteiger partial charge on any atom is -0.390 e. The molecular formula is C16H25NO2. The molecule has 0 unspecified atom stereocenters. The lowest BCUT2D eigenvalue weighted by molar-refractivity contribution is 0.0296. The first-order chi connectivity index (χ1) is 9.00. The van der Waals surface area contributed by atoms with Crippen LogP contribution in [0.3, 0.4) is 0 Å². The van der Waals surface area contributed by atoms with E-state index in [2.05, 4.69) is 38.2 Å². The lowest BCUT2D eigenvalue weighted by atomic mass is 9.90. The number of nitrogens with one attached hydrogen (secondary N) is 1. The standard InChI is InChI=1S/C16H25NO2/c1-10(2)9-17-15-13(8-14(18)16(15)19)12-7-5-4-6-11(12)3/h4-7,10,13-19H,8-9H2,1-3H3/t13-,14-,15-,16-/m1/s1. The van der Waals surface area contributed by atoms with Crippen LogP contribution in [-0.2, 0) is 0 Å². The van der Waals surface area contributed by atoms with Gasteiger partial charge in [-0.15, -0.1) is 0 Å². The van der Waals surface area contributed by atoms with Crippen LogP contribution >= 0.6 is 0 Å². The molecule has 1 aromatic rings. The van der Waals surface area contributed by atoms with Gasteiger partial charge in [0.2, 0.25) is 0 Å². The molecule has 4 atom stereocenters. The van der Waals surface area contributed by atoms with E-state index < -0.39 is 12.2 Å². The molecule has 19 heavy (non-hydrogen) atoms. The zero-order valence-electron chi connectivity index (χ0n) is 12.0. The molecule has 0 spiro atoms. The molecule has 1 aromatic carbocycles. The van der Waals surface area contributed by atoms with Crippen molar-refractivity contribution in [3.05, 3.63) is 35.4 Å².